The fourth-order valence-electron chi connectivity index (χ4n) is 4.55. The maximum atomic E-state index is 13.2. The van der Waals surface area contributed by atoms with Gasteiger partial charge in [-0.2, -0.15) is 5.10 Å². The fourth-order valence-corrected chi connectivity index (χ4v) is 4.55. The SMILES string of the molecule is O=C(c1ccc(-c2ccn[nH]2)cc1)N1CCC2(CCN(Cc3ccccn3)C2=O)C1. The molecule has 2 fully saturated rings. The number of benzene rings is 1. The number of aromatic nitrogens is 3. The monoisotopic (exact) mass is 401 g/mol. The lowest BCUT2D eigenvalue weighted by atomic mass is 9.85. The van der Waals surface area contributed by atoms with Crippen LogP contribution in [-0.2, 0) is 11.3 Å². The van der Waals surface area contributed by atoms with Crippen LogP contribution in [0.1, 0.15) is 28.9 Å². The molecular weight excluding hydrogens is 378 g/mol. The van der Waals surface area contributed by atoms with Crippen LogP contribution in [0.4, 0.5) is 0 Å². The highest BCUT2D eigenvalue weighted by Crippen LogP contribution is 2.41. The van der Waals surface area contributed by atoms with Crippen molar-refractivity contribution in [3.05, 3.63) is 72.2 Å². The molecule has 1 unspecified atom stereocenters. The molecule has 4 heterocycles. The molecule has 2 aliphatic rings. The second-order valence-corrected chi connectivity index (χ2v) is 8.10. The molecule has 2 aliphatic heterocycles. The molecule has 2 aromatic heterocycles. The van der Waals surface area contributed by atoms with Crippen LogP contribution in [0.2, 0.25) is 0 Å². The van der Waals surface area contributed by atoms with Gasteiger partial charge in [0.15, 0.2) is 0 Å². The number of nitrogens with zero attached hydrogens (tertiary/aromatic N) is 4. The summed E-state index contributed by atoms with van der Waals surface area (Å²) < 4.78 is 0. The lowest BCUT2D eigenvalue weighted by Gasteiger charge is -2.23. The van der Waals surface area contributed by atoms with E-state index in [1.807, 2.05) is 58.3 Å². The summed E-state index contributed by atoms with van der Waals surface area (Å²) in [5.74, 6) is 0.136. The average molecular weight is 401 g/mol. The van der Waals surface area contributed by atoms with Gasteiger partial charge in [-0.05, 0) is 48.7 Å². The summed E-state index contributed by atoms with van der Waals surface area (Å²) in [4.78, 5) is 34.2. The molecule has 1 N–H and O–H groups in total. The molecule has 5 rings (SSSR count). The lowest BCUT2D eigenvalue weighted by molar-refractivity contribution is -0.135. The highest BCUT2D eigenvalue weighted by atomic mass is 16.2. The Morgan fingerprint density at radius 3 is 2.60 bits per heavy atom. The first-order chi connectivity index (χ1) is 14.6. The van der Waals surface area contributed by atoms with Gasteiger partial charge < -0.3 is 9.80 Å². The number of pyridine rings is 1. The molecule has 0 bridgehead atoms. The number of carbonyl (C=O) groups is 2. The van der Waals surface area contributed by atoms with Crippen LogP contribution in [-0.4, -0.2) is 56.4 Å². The van der Waals surface area contributed by atoms with Crippen LogP contribution >= 0.6 is 0 Å². The van der Waals surface area contributed by atoms with Crippen LogP contribution < -0.4 is 0 Å². The van der Waals surface area contributed by atoms with Crippen molar-refractivity contribution in [2.45, 2.75) is 19.4 Å². The Morgan fingerprint density at radius 1 is 1.03 bits per heavy atom. The number of nitrogens with one attached hydrogen (secondary N) is 1. The molecule has 1 aromatic carbocycles. The minimum Gasteiger partial charge on any atom is -0.338 e. The van der Waals surface area contributed by atoms with Gasteiger partial charge in [-0.25, -0.2) is 0 Å². The fraction of sp³-hybridized carbons (Fsp3) is 0.304. The first-order valence-electron chi connectivity index (χ1n) is 10.2. The van der Waals surface area contributed by atoms with Gasteiger partial charge in [0.1, 0.15) is 0 Å². The van der Waals surface area contributed by atoms with Crippen molar-refractivity contribution in [1.29, 1.82) is 0 Å². The van der Waals surface area contributed by atoms with E-state index < -0.39 is 5.41 Å². The van der Waals surface area contributed by atoms with Crippen molar-refractivity contribution in [2.75, 3.05) is 19.6 Å². The molecule has 0 aliphatic carbocycles. The summed E-state index contributed by atoms with van der Waals surface area (Å²) in [6.45, 7) is 2.36. The van der Waals surface area contributed by atoms with Crippen LogP contribution in [0, 0.1) is 5.41 Å². The van der Waals surface area contributed by atoms with E-state index in [1.165, 1.54) is 0 Å². The van der Waals surface area contributed by atoms with E-state index in [0.29, 0.717) is 25.2 Å². The molecule has 7 heteroatoms. The van der Waals surface area contributed by atoms with Gasteiger partial charge in [0, 0.05) is 37.6 Å². The lowest BCUT2D eigenvalue weighted by Crippen LogP contribution is -2.38. The zero-order chi connectivity index (χ0) is 20.6. The van der Waals surface area contributed by atoms with Gasteiger partial charge in [-0.1, -0.05) is 18.2 Å². The molecule has 0 saturated carbocycles. The van der Waals surface area contributed by atoms with Crippen molar-refractivity contribution < 1.29 is 9.59 Å². The second kappa shape index (κ2) is 7.40. The van der Waals surface area contributed by atoms with Gasteiger partial charge in [0.05, 0.1) is 23.3 Å². The van der Waals surface area contributed by atoms with E-state index >= 15 is 0 Å². The molecule has 30 heavy (non-hydrogen) atoms. The Hall–Kier alpha value is -3.48. The highest BCUT2D eigenvalue weighted by Gasteiger charge is 2.51. The van der Waals surface area contributed by atoms with Crippen molar-refractivity contribution in [3.8, 4) is 11.3 Å². The summed E-state index contributed by atoms with van der Waals surface area (Å²) in [6, 6.07) is 15.2. The maximum absolute atomic E-state index is 13.2. The second-order valence-electron chi connectivity index (χ2n) is 8.10. The quantitative estimate of drug-likeness (QED) is 0.729. The van der Waals surface area contributed by atoms with Crippen LogP contribution in [0.15, 0.2) is 60.9 Å². The predicted octanol–water partition coefficient (Wildman–Crippen LogP) is 2.74. The Balaban J connectivity index is 1.26. The Morgan fingerprint density at radius 2 is 1.87 bits per heavy atom. The van der Waals surface area contributed by atoms with Gasteiger partial charge in [-0.3, -0.25) is 19.7 Å². The standard InChI is InChI=1S/C23H23N5O2/c29-21(18-6-4-17(5-7-18)20-8-12-25-26-20)28-14-10-23(16-28)9-13-27(22(23)30)15-19-3-1-2-11-24-19/h1-8,11-12H,9-10,13-16H2,(H,25,26). The third-order valence-corrected chi connectivity index (χ3v) is 6.26. The molecule has 7 nitrogen and oxygen atoms in total. The van der Waals surface area contributed by atoms with Gasteiger partial charge in [-0.15, -0.1) is 0 Å². The number of amides is 2. The summed E-state index contributed by atoms with van der Waals surface area (Å²) >= 11 is 0. The number of likely N-dealkylation sites (tertiary alicyclic amines) is 2. The highest BCUT2D eigenvalue weighted by molar-refractivity contribution is 5.96. The number of hydrogen-bond donors (Lipinski definition) is 1. The number of H-pyrrole nitrogens is 1. The largest absolute Gasteiger partial charge is 0.338 e. The number of carbonyl (C=O) groups excluding carboxylic acids is 2. The van der Waals surface area contributed by atoms with Crippen LogP contribution in [0.5, 0.6) is 0 Å². The summed E-state index contributed by atoms with van der Waals surface area (Å²) in [7, 11) is 0. The molecule has 1 atom stereocenters. The molecule has 2 saturated heterocycles. The van der Waals surface area contributed by atoms with Crippen LogP contribution in [0.25, 0.3) is 11.3 Å². The maximum Gasteiger partial charge on any atom is 0.253 e. The van der Waals surface area contributed by atoms with Crippen LogP contribution in [0.3, 0.4) is 0 Å². The van der Waals surface area contributed by atoms with Crippen molar-refractivity contribution in [1.82, 2.24) is 25.0 Å². The van der Waals surface area contributed by atoms with Gasteiger partial charge >= 0.3 is 0 Å². The number of hydrogen-bond acceptors (Lipinski definition) is 4. The zero-order valence-corrected chi connectivity index (χ0v) is 16.6. The molecule has 0 radical (unpaired) electrons. The van der Waals surface area contributed by atoms with Crippen molar-refractivity contribution in [3.63, 3.8) is 0 Å². The molecule has 1 spiro atoms. The molecular formula is C23H23N5O2. The van der Waals surface area contributed by atoms with Gasteiger partial charge in [0.2, 0.25) is 5.91 Å². The summed E-state index contributed by atoms with van der Waals surface area (Å²) in [5.41, 5.74) is 2.99. The van der Waals surface area contributed by atoms with E-state index in [9.17, 15) is 9.59 Å². The van der Waals surface area contributed by atoms with Gasteiger partial charge in [0.25, 0.3) is 5.91 Å². The smallest absolute Gasteiger partial charge is 0.253 e. The third-order valence-electron chi connectivity index (χ3n) is 6.26. The van der Waals surface area contributed by atoms with E-state index in [1.54, 1.807) is 12.4 Å². The first-order valence-corrected chi connectivity index (χ1v) is 10.2. The minimum absolute atomic E-state index is 0.0148. The average Bonchev–Trinajstić information content (AvgIpc) is 3.53. The zero-order valence-electron chi connectivity index (χ0n) is 16.6. The Bertz CT molecular complexity index is 1050. The van der Waals surface area contributed by atoms with E-state index in [-0.39, 0.29) is 11.8 Å². The number of aromatic amines is 1. The number of rotatable bonds is 4. The topological polar surface area (TPSA) is 82.2 Å². The van der Waals surface area contributed by atoms with Crippen molar-refractivity contribution >= 4 is 11.8 Å². The van der Waals surface area contributed by atoms with E-state index in [0.717, 1.165) is 36.3 Å². The van der Waals surface area contributed by atoms with E-state index in [4.69, 9.17) is 0 Å². The Labute approximate surface area is 174 Å². The molecule has 3 aromatic rings. The minimum atomic E-state index is -0.444. The molecule has 2 amide bonds. The molecule has 152 valence electrons. The van der Waals surface area contributed by atoms with Crippen molar-refractivity contribution in [2.24, 2.45) is 5.41 Å². The predicted molar refractivity (Wildman–Crippen MR) is 111 cm³/mol. The normalized spacial score (nSPS) is 21.0. The summed E-state index contributed by atoms with van der Waals surface area (Å²) in [5, 5.41) is 6.88. The Kier molecular flexibility index (Phi) is 4.58. The first kappa shape index (κ1) is 18.5. The van der Waals surface area contributed by atoms with E-state index in [2.05, 4.69) is 15.2 Å². The third kappa shape index (κ3) is 3.26. The summed E-state index contributed by atoms with van der Waals surface area (Å²) in [6.07, 6.45) is 4.97.